The standard InChI is InChI=1S/C8H10F4O3/c1-3-4-6(2,15)7(9,5(13)14)8(10,11)12/h3,15H,1,4H2,2H3,(H,13,14). The zero-order chi connectivity index (χ0) is 12.5. The number of hydrogen-bond donors (Lipinski definition) is 2. The first-order valence-corrected chi connectivity index (χ1v) is 3.83. The molecular formula is C8H10F4O3. The van der Waals surface area contributed by atoms with E-state index in [1.54, 1.807) is 0 Å². The predicted octanol–water partition coefficient (Wildman–Crippen LogP) is 1.67. The zero-order valence-corrected chi connectivity index (χ0v) is 7.81. The molecule has 0 aromatic heterocycles. The van der Waals surface area contributed by atoms with E-state index < -0.39 is 29.8 Å². The van der Waals surface area contributed by atoms with Gasteiger partial charge in [-0.15, -0.1) is 6.58 Å². The molecule has 88 valence electrons. The normalized spacial score (nSPS) is 20.1. The summed E-state index contributed by atoms with van der Waals surface area (Å²) < 4.78 is 50.0. The smallest absolute Gasteiger partial charge is 0.436 e. The Morgan fingerprint density at radius 2 is 1.80 bits per heavy atom. The number of alkyl halides is 4. The topological polar surface area (TPSA) is 57.5 Å². The average molecular weight is 230 g/mol. The summed E-state index contributed by atoms with van der Waals surface area (Å²) in [5.41, 5.74) is -7.81. The SMILES string of the molecule is C=CCC(C)(O)C(F)(C(=O)O)C(F)(F)F. The van der Waals surface area contributed by atoms with Gasteiger partial charge in [0.15, 0.2) is 0 Å². The highest BCUT2D eigenvalue weighted by molar-refractivity contribution is 5.80. The van der Waals surface area contributed by atoms with Gasteiger partial charge >= 0.3 is 17.8 Å². The fourth-order valence-electron chi connectivity index (χ4n) is 1.08. The molecule has 0 fully saturated rings. The second-order valence-electron chi connectivity index (χ2n) is 3.23. The lowest BCUT2D eigenvalue weighted by Crippen LogP contribution is -2.63. The van der Waals surface area contributed by atoms with Gasteiger partial charge in [0.05, 0.1) is 0 Å². The van der Waals surface area contributed by atoms with Crippen molar-refractivity contribution in [3.8, 4) is 0 Å². The maximum atomic E-state index is 13.4. The second kappa shape index (κ2) is 3.80. The van der Waals surface area contributed by atoms with Crippen molar-refractivity contribution in [2.45, 2.75) is 30.8 Å². The van der Waals surface area contributed by atoms with Gasteiger partial charge in [0.2, 0.25) is 0 Å². The van der Waals surface area contributed by atoms with Gasteiger partial charge < -0.3 is 10.2 Å². The minimum atomic E-state index is -5.70. The Morgan fingerprint density at radius 1 is 1.40 bits per heavy atom. The second-order valence-corrected chi connectivity index (χ2v) is 3.23. The van der Waals surface area contributed by atoms with Gasteiger partial charge in [0.1, 0.15) is 5.60 Å². The number of aliphatic carboxylic acids is 1. The van der Waals surface area contributed by atoms with Crippen LogP contribution in [0, 0.1) is 0 Å². The van der Waals surface area contributed by atoms with E-state index in [0.29, 0.717) is 6.92 Å². The summed E-state index contributed by atoms with van der Waals surface area (Å²) >= 11 is 0. The van der Waals surface area contributed by atoms with Gasteiger partial charge in [0.25, 0.3) is 0 Å². The molecule has 2 atom stereocenters. The van der Waals surface area contributed by atoms with Crippen LogP contribution in [0.2, 0.25) is 0 Å². The lowest BCUT2D eigenvalue weighted by molar-refractivity contribution is -0.280. The van der Waals surface area contributed by atoms with Crippen LogP contribution in [0.1, 0.15) is 13.3 Å². The summed E-state index contributed by atoms with van der Waals surface area (Å²) in [4.78, 5) is 10.3. The molecule has 3 nitrogen and oxygen atoms in total. The third-order valence-electron chi connectivity index (χ3n) is 1.97. The Morgan fingerprint density at radius 3 is 2.00 bits per heavy atom. The summed E-state index contributed by atoms with van der Waals surface area (Å²) in [6, 6.07) is 0. The summed E-state index contributed by atoms with van der Waals surface area (Å²) in [6.45, 7) is 3.47. The first-order valence-electron chi connectivity index (χ1n) is 3.83. The number of carbonyl (C=O) groups is 1. The van der Waals surface area contributed by atoms with Crippen LogP contribution in [0.15, 0.2) is 12.7 Å². The van der Waals surface area contributed by atoms with Crippen LogP contribution in [0.4, 0.5) is 17.6 Å². The molecule has 0 heterocycles. The first-order chi connectivity index (χ1) is 6.50. The van der Waals surface area contributed by atoms with E-state index in [1.165, 1.54) is 0 Å². The number of aliphatic hydroxyl groups is 1. The molecule has 0 saturated carbocycles. The highest BCUT2D eigenvalue weighted by Gasteiger charge is 2.71. The van der Waals surface area contributed by atoms with Crippen molar-refractivity contribution in [2.24, 2.45) is 0 Å². The number of carboxylic acid groups (broad SMARTS) is 1. The molecule has 0 aromatic rings. The summed E-state index contributed by atoms with van der Waals surface area (Å²) in [5, 5.41) is 17.4. The average Bonchev–Trinajstić information content (AvgIpc) is 1.99. The number of hydrogen-bond acceptors (Lipinski definition) is 2. The van der Waals surface area contributed by atoms with E-state index in [2.05, 4.69) is 6.58 Å². The Kier molecular flexibility index (Phi) is 3.52. The maximum Gasteiger partial charge on any atom is 0.436 e. The Balaban J connectivity index is 5.50. The van der Waals surface area contributed by atoms with Crippen LogP contribution in [0.3, 0.4) is 0 Å². The summed E-state index contributed by atoms with van der Waals surface area (Å²) in [6.07, 6.45) is -5.73. The number of rotatable bonds is 4. The van der Waals surface area contributed by atoms with Crippen molar-refractivity contribution in [3.05, 3.63) is 12.7 Å². The Labute approximate surface area is 83.0 Å². The molecule has 7 heteroatoms. The van der Waals surface area contributed by atoms with E-state index in [-0.39, 0.29) is 0 Å². The lowest BCUT2D eigenvalue weighted by atomic mass is 9.82. The zero-order valence-electron chi connectivity index (χ0n) is 7.81. The largest absolute Gasteiger partial charge is 0.479 e. The minimum Gasteiger partial charge on any atom is -0.479 e. The van der Waals surface area contributed by atoms with Crippen LogP contribution in [-0.2, 0) is 4.79 Å². The van der Waals surface area contributed by atoms with Crippen molar-refractivity contribution >= 4 is 5.97 Å². The van der Waals surface area contributed by atoms with Crippen LogP contribution >= 0.6 is 0 Å². The molecule has 15 heavy (non-hydrogen) atoms. The van der Waals surface area contributed by atoms with Crippen LogP contribution in [0.5, 0.6) is 0 Å². The van der Waals surface area contributed by atoms with Crippen molar-refractivity contribution in [3.63, 3.8) is 0 Å². The minimum absolute atomic E-state index is 0.455. The molecule has 0 aliphatic heterocycles. The van der Waals surface area contributed by atoms with Gasteiger partial charge in [-0.1, -0.05) is 6.08 Å². The molecule has 0 aliphatic carbocycles. The van der Waals surface area contributed by atoms with Crippen molar-refractivity contribution in [2.75, 3.05) is 0 Å². The van der Waals surface area contributed by atoms with Gasteiger partial charge in [-0.05, 0) is 13.3 Å². The molecule has 0 bridgehead atoms. The molecule has 2 unspecified atom stereocenters. The predicted molar refractivity (Wildman–Crippen MR) is 43.0 cm³/mol. The molecule has 0 aliphatic rings. The summed E-state index contributed by atoms with van der Waals surface area (Å²) in [5.74, 6) is -2.78. The van der Waals surface area contributed by atoms with Gasteiger partial charge in [-0.3, -0.25) is 0 Å². The van der Waals surface area contributed by atoms with Crippen molar-refractivity contribution in [1.82, 2.24) is 0 Å². The third kappa shape index (κ3) is 2.11. The van der Waals surface area contributed by atoms with Crippen LogP contribution < -0.4 is 0 Å². The van der Waals surface area contributed by atoms with Crippen LogP contribution in [-0.4, -0.2) is 33.6 Å². The molecule has 2 N–H and O–H groups in total. The summed E-state index contributed by atoms with van der Waals surface area (Å²) in [7, 11) is 0. The fraction of sp³-hybridized carbons (Fsp3) is 0.625. The quantitative estimate of drug-likeness (QED) is 0.570. The van der Waals surface area contributed by atoms with Gasteiger partial charge in [-0.2, -0.15) is 13.2 Å². The molecular weight excluding hydrogens is 220 g/mol. The Hall–Kier alpha value is -1.11. The fourth-order valence-corrected chi connectivity index (χ4v) is 1.08. The van der Waals surface area contributed by atoms with Crippen molar-refractivity contribution in [1.29, 1.82) is 0 Å². The van der Waals surface area contributed by atoms with E-state index in [0.717, 1.165) is 6.08 Å². The molecule has 0 radical (unpaired) electrons. The molecule has 0 saturated heterocycles. The van der Waals surface area contributed by atoms with E-state index >= 15 is 0 Å². The maximum absolute atomic E-state index is 13.4. The van der Waals surface area contributed by atoms with Crippen molar-refractivity contribution < 1.29 is 32.6 Å². The lowest BCUT2D eigenvalue weighted by Gasteiger charge is -2.35. The van der Waals surface area contributed by atoms with Gasteiger partial charge in [-0.25, -0.2) is 9.18 Å². The van der Waals surface area contributed by atoms with E-state index in [1.807, 2.05) is 0 Å². The van der Waals surface area contributed by atoms with Gasteiger partial charge in [0, 0.05) is 0 Å². The third-order valence-corrected chi connectivity index (χ3v) is 1.97. The number of carboxylic acids is 1. The van der Waals surface area contributed by atoms with E-state index in [9.17, 15) is 27.5 Å². The van der Waals surface area contributed by atoms with E-state index in [4.69, 9.17) is 5.11 Å². The molecule has 0 rings (SSSR count). The highest BCUT2D eigenvalue weighted by Crippen LogP contribution is 2.43. The Bertz CT molecular complexity index is 272. The highest BCUT2D eigenvalue weighted by atomic mass is 19.4. The van der Waals surface area contributed by atoms with Crippen LogP contribution in [0.25, 0.3) is 0 Å². The first kappa shape index (κ1) is 13.9. The number of halogens is 4. The molecule has 0 spiro atoms. The molecule has 0 amide bonds. The molecule has 0 aromatic carbocycles. The monoisotopic (exact) mass is 230 g/mol.